The summed E-state index contributed by atoms with van der Waals surface area (Å²) in [5, 5.41) is 0. The van der Waals surface area contributed by atoms with Gasteiger partial charge in [0, 0.05) is 85.8 Å². The zero-order valence-electron chi connectivity index (χ0n) is 24.7. The summed E-state index contributed by atoms with van der Waals surface area (Å²) < 4.78 is 11.1. The van der Waals surface area contributed by atoms with Crippen molar-refractivity contribution < 1.29 is 19.1 Å². The number of alkyl halides is 4. The smallest absolute Gasteiger partial charge is 0.167 e. The number of hydrogen-bond acceptors (Lipinski definition) is 6. The van der Waals surface area contributed by atoms with E-state index in [9.17, 15) is 9.59 Å². The number of halogens is 4. The summed E-state index contributed by atoms with van der Waals surface area (Å²) in [7, 11) is 0. The molecule has 0 aliphatic heterocycles. The molecule has 6 nitrogen and oxygen atoms in total. The topological polar surface area (TPSA) is 59.1 Å². The highest BCUT2D eigenvalue weighted by molar-refractivity contribution is 6.18. The highest BCUT2D eigenvalue weighted by atomic mass is 35.5. The molecular formula is C32H44Cl4N2O4. The summed E-state index contributed by atoms with van der Waals surface area (Å²) in [5.41, 5.74) is 1.22. The highest BCUT2D eigenvalue weighted by Gasteiger charge is 2.28. The van der Waals surface area contributed by atoms with E-state index in [2.05, 4.69) is 9.80 Å². The molecule has 2 aromatic carbocycles. The van der Waals surface area contributed by atoms with Crippen LogP contribution in [0.2, 0.25) is 0 Å². The maximum absolute atomic E-state index is 13.9. The van der Waals surface area contributed by atoms with E-state index in [1.807, 2.05) is 38.1 Å². The van der Waals surface area contributed by atoms with Gasteiger partial charge in [-0.25, -0.2) is 0 Å². The SMILES string of the molecule is CCOc1ccc(C(=O)[C@H](CC[C@H](CN(CCCl)CCCl)C(=O)c2ccc(OCC)cc2)CN(CCCl)CCCl)cc1. The third-order valence-electron chi connectivity index (χ3n) is 7.06. The van der Waals surface area contributed by atoms with Gasteiger partial charge in [-0.1, -0.05) is 0 Å². The van der Waals surface area contributed by atoms with Gasteiger partial charge in [-0.05, 0) is 75.2 Å². The minimum absolute atomic E-state index is 0.0258. The lowest BCUT2D eigenvalue weighted by Gasteiger charge is -2.29. The fourth-order valence-corrected chi connectivity index (χ4v) is 5.89. The molecule has 0 unspecified atom stereocenters. The number of carbonyl (C=O) groups is 2. The van der Waals surface area contributed by atoms with Crippen LogP contribution in [0.4, 0.5) is 0 Å². The predicted octanol–water partition coefficient (Wildman–Crippen LogP) is 7.12. The lowest BCUT2D eigenvalue weighted by atomic mass is 9.86. The lowest BCUT2D eigenvalue weighted by molar-refractivity contribution is 0.0816. The zero-order valence-corrected chi connectivity index (χ0v) is 27.7. The van der Waals surface area contributed by atoms with Gasteiger partial charge in [0.25, 0.3) is 0 Å². The Balaban J connectivity index is 2.34. The van der Waals surface area contributed by atoms with Crippen LogP contribution in [0.25, 0.3) is 0 Å². The highest BCUT2D eigenvalue weighted by Crippen LogP contribution is 2.25. The van der Waals surface area contributed by atoms with Gasteiger partial charge in [0.05, 0.1) is 13.2 Å². The van der Waals surface area contributed by atoms with E-state index in [1.165, 1.54) is 0 Å². The number of nitrogens with zero attached hydrogens (tertiary/aromatic N) is 2. The van der Waals surface area contributed by atoms with Gasteiger partial charge in [0.15, 0.2) is 11.6 Å². The third-order valence-corrected chi connectivity index (χ3v) is 7.74. The monoisotopic (exact) mass is 660 g/mol. The molecule has 0 spiro atoms. The second-order valence-electron chi connectivity index (χ2n) is 9.97. The van der Waals surface area contributed by atoms with Crippen LogP contribution in [-0.4, -0.2) is 97.4 Å². The molecule has 2 atom stereocenters. The molecule has 0 bridgehead atoms. The Labute approximate surface area is 271 Å². The van der Waals surface area contributed by atoms with E-state index in [0.29, 0.717) is 100.0 Å². The quantitative estimate of drug-likeness (QED) is 0.0934. The Hall–Kier alpha value is -1.54. The number of carbonyl (C=O) groups excluding carboxylic acids is 2. The van der Waals surface area contributed by atoms with Crippen LogP contribution in [0, 0.1) is 11.8 Å². The number of hydrogen-bond donors (Lipinski definition) is 0. The molecule has 0 saturated carbocycles. The van der Waals surface area contributed by atoms with Crippen LogP contribution in [0.15, 0.2) is 48.5 Å². The van der Waals surface area contributed by atoms with E-state index in [0.717, 1.165) is 11.5 Å². The van der Waals surface area contributed by atoms with Crippen molar-refractivity contribution in [3.8, 4) is 11.5 Å². The van der Waals surface area contributed by atoms with Crippen LogP contribution in [0.3, 0.4) is 0 Å². The van der Waals surface area contributed by atoms with Crippen molar-refractivity contribution in [2.75, 3.05) is 76.0 Å². The third kappa shape index (κ3) is 12.6. The molecule has 0 N–H and O–H groups in total. The van der Waals surface area contributed by atoms with Crippen LogP contribution < -0.4 is 9.47 Å². The second kappa shape index (κ2) is 21.2. The van der Waals surface area contributed by atoms with Crippen molar-refractivity contribution in [3.05, 3.63) is 59.7 Å². The fourth-order valence-electron chi connectivity index (χ4n) is 4.94. The number of rotatable bonds is 23. The molecule has 0 saturated heterocycles. The van der Waals surface area contributed by atoms with Gasteiger partial charge < -0.3 is 19.3 Å². The molecule has 0 aromatic heterocycles. The number of ether oxygens (including phenoxy) is 2. The predicted molar refractivity (Wildman–Crippen MR) is 176 cm³/mol. The van der Waals surface area contributed by atoms with Gasteiger partial charge in [-0.3, -0.25) is 9.59 Å². The molecule has 10 heteroatoms. The molecule has 0 aliphatic rings. The summed E-state index contributed by atoms with van der Waals surface area (Å²) in [4.78, 5) is 32.0. The minimum atomic E-state index is -0.348. The zero-order chi connectivity index (χ0) is 30.7. The first-order valence-corrected chi connectivity index (χ1v) is 16.8. The average Bonchev–Trinajstić information content (AvgIpc) is 2.99. The van der Waals surface area contributed by atoms with Crippen LogP contribution in [0.5, 0.6) is 11.5 Å². The molecule has 0 heterocycles. The van der Waals surface area contributed by atoms with Crippen LogP contribution in [0.1, 0.15) is 47.4 Å². The minimum Gasteiger partial charge on any atom is -0.494 e. The Morgan fingerprint density at radius 1 is 0.595 bits per heavy atom. The van der Waals surface area contributed by atoms with E-state index in [4.69, 9.17) is 55.9 Å². The summed E-state index contributed by atoms with van der Waals surface area (Å²) in [6.07, 6.45) is 1.05. The summed E-state index contributed by atoms with van der Waals surface area (Å²) >= 11 is 24.3. The number of ketones is 2. The standard InChI is InChI=1S/C32H44Cl4N2O4/c1-3-41-29-11-7-25(8-12-29)31(39)27(23-37(19-15-33)20-16-34)5-6-28(24-38(21-17-35)22-18-36)32(40)26-9-13-30(14-10-26)42-4-2/h7-14,27-28H,3-6,15-24H2,1-2H3/t27-,28-/m1/s1. The molecular weight excluding hydrogens is 618 g/mol. The van der Waals surface area contributed by atoms with Crippen molar-refractivity contribution in [2.24, 2.45) is 11.8 Å². The summed E-state index contributed by atoms with van der Waals surface area (Å²) in [5.74, 6) is 2.54. The fraction of sp³-hybridized carbons (Fsp3) is 0.562. The first-order chi connectivity index (χ1) is 20.4. The molecule has 234 valence electrons. The number of benzene rings is 2. The van der Waals surface area contributed by atoms with Gasteiger partial charge in [0.2, 0.25) is 0 Å². The Morgan fingerprint density at radius 2 is 0.905 bits per heavy atom. The normalized spacial score (nSPS) is 12.9. The second-order valence-corrected chi connectivity index (χ2v) is 11.5. The number of Topliss-reactive ketones (excluding diaryl/α,β-unsaturated/α-hetero) is 2. The molecule has 0 radical (unpaired) electrons. The first kappa shape index (κ1) is 36.7. The van der Waals surface area contributed by atoms with Crippen molar-refractivity contribution in [3.63, 3.8) is 0 Å². The van der Waals surface area contributed by atoms with Crippen molar-refractivity contribution in [2.45, 2.75) is 26.7 Å². The van der Waals surface area contributed by atoms with Crippen LogP contribution >= 0.6 is 46.4 Å². The maximum atomic E-state index is 13.9. The summed E-state index contributed by atoms with van der Waals surface area (Å²) in [6, 6.07) is 14.5. The molecule has 0 aliphatic carbocycles. The molecule has 2 aromatic rings. The Morgan fingerprint density at radius 3 is 1.17 bits per heavy atom. The summed E-state index contributed by atoms with van der Waals surface area (Å²) in [6.45, 7) is 8.43. The average molecular weight is 663 g/mol. The van der Waals surface area contributed by atoms with E-state index < -0.39 is 0 Å². The Kier molecular flexibility index (Phi) is 18.5. The van der Waals surface area contributed by atoms with Gasteiger partial charge in [-0.2, -0.15) is 0 Å². The first-order valence-electron chi connectivity index (χ1n) is 14.6. The molecule has 0 fully saturated rings. The van der Waals surface area contributed by atoms with Crippen molar-refractivity contribution in [1.29, 1.82) is 0 Å². The van der Waals surface area contributed by atoms with Gasteiger partial charge in [0.1, 0.15) is 11.5 Å². The van der Waals surface area contributed by atoms with E-state index in [-0.39, 0.29) is 23.4 Å². The maximum Gasteiger partial charge on any atom is 0.167 e. The largest absolute Gasteiger partial charge is 0.494 e. The molecule has 2 rings (SSSR count). The van der Waals surface area contributed by atoms with Crippen molar-refractivity contribution in [1.82, 2.24) is 9.80 Å². The Bertz CT molecular complexity index is 944. The molecule has 0 amide bonds. The van der Waals surface area contributed by atoms with E-state index in [1.54, 1.807) is 24.3 Å². The van der Waals surface area contributed by atoms with Gasteiger partial charge >= 0.3 is 0 Å². The molecule has 42 heavy (non-hydrogen) atoms. The van der Waals surface area contributed by atoms with Crippen LogP contribution in [-0.2, 0) is 0 Å². The van der Waals surface area contributed by atoms with Gasteiger partial charge in [-0.15, -0.1) is 46.4 Å². The van der Waals surface area contributed by atoms with E-state index >= 15 is 0 Å². The lowest BCUT2D eigenvalue weighted by Crippen LogP contribution is -2.38. The van der Waals surface area contributed by atoms with Crippen molar-refractivity contribution >= 4 is 58.0 Å².